The third kappa shape index (κ3) is 5.98. The standard InChI is InChI=1S/C27H31N3O4/c1-26(2,16-23(32)33)27(3,4)17-29-25(34)20-12-10-18(11-13-20)15-22(31)30-21-9-5-7-19-8-6-14-28-24(19)21/h5-14H,15-17H2,1-4H3,(H,29,34)(H,30,31)(H,32,33). The lowest BCUT2D eigenvalue weighted by molar-refractivity contribution is -0.141. The Morgan fingerprint density at radius 1 is 0.912 bits per heavy atom. The molecule has 0 saturated heterocycles. The van der Waals surface area contributed by atoms with Gasteiger partial charge in [0, 0.05) is 23.7 Å². The molecule has 0 unspecified atom stereocenters. The maximum Gasteiger partial charge on any atom is 0.303 e. The average molecular weight is 462 g/mol. The summed E-state index contributed by atoms with van der Waals surface area (Å²) in [5, 5.41) is 15.9. The monoisotopic (exact) mass is 461 g/mol. The molecule has 0 atom stereocenters. The maximum absolute atomic E-state index is 12.6. The molecule has 0 spiro atoms. The lowest BCUT2D eigenvalue weighted by Gasteiger charge is -2.41. The highest BCUT2D eigenvalue weighted by molar-refractivity contribution is 6.01. The molecular weight excluding hydrogens is 430 g/mol. The van der Waals surface area contributed by atoms with E-state index in [9.17, 15) is 14.4 Å². The van der Waals surface area contributed by atoms with Crippen LogP contribution in [0.25, 0.3) is 10.9 Å². The number of aliphatic carboxylic acids is 1. The highest BCUT2D eigenvalue weighted by Crippen LogP contribution is 2.40. The zero-order valence-corrected chi connectivity index (χ0v) is 20.0. The summed E-state index contributed by atoms with van der Waals surface area (Å²) in [6, 6.07) is 16.3. The number of pyridine rings is 1. The average Bonchev–Trinajstić information content (AvgIpc) is 2.77. The van der Waals surface area contributed by atoms with Crippen LogP contribution in [0.4, 0.5) is 5.69 Å². The Balaban J connectivity index is 1.58. The summed E-state index contributed by atoms with van der Waals surface area (Å²) in [5.74, 6) is -1.27. The lowest BCUT2D eigenvalue weighted by Crippen LogP contribution is -2.44. The predicted molar refractivity (Wildman–Crippen MR) is 133 cm³/mol. The molecule has 3 N–H and O–H groups in total. The number of hydrogen-bond donors (Lipinski definition) is 3. The fraction of sp³-hybridized carbons (Fsp3) is 0.333. The summed E-state index contributed by atoms with van der Waals surface area (Å²) in [6.07, 6.45) is 1.87. The molecule has 3 aromatic rings. The summed E-state index contributed by atoms with van der Waals surface area (Å²) >= 11 is 0. The number of benzene rings is 2. The van der Waals surface area contributed by atoms with E-state index in [0.717, 1.165) is 16.5 Å². The number of nitrogens with zero attached hydrogens (tertiary/aromatic N) is 1. The van der Waals surface area contributed by atoms with Crippen LogP contribution in [0.3, 0.4) is 0 Å². The van der Waals surface area contributed by atoms with Gasteiger partial charge >= 0.3 is 5.97 Å². The molecule has 0 radical (unpaired) electrons. The Morgan fingerprint density at radius 3 is 2.26 bits per heavy atom. The van der Waals surface area contributed by atoms with Crippen LogP contribution in [0.15, 0.2) is 60.8 Å². The molecule has 1 aromatic heterocycles. The third-order valence-electron chi connectivity index (χ3n) is 6.60. The van der Waals surface area contributed by atoms with Crippen molar-refractivity contribution >= 4 is 34.4 Å². The van der Waals surface area contributed by atoms with E-state index in [1.165, 1.54) is 0 Å². The Bertz CT molecular complexity index is 1190. The van der Waals surface area contributed by atoms with Gasteiger partial charge in [-0.15, -0.1) is 0 Å². The van der Waals surface area contributed by atoms with Gasteiger partial charge in [0.2, 0.25) is 5.91 Å². The molecule has 178 valence electrons. The number of carboxylic acid groups (broad SMARTS) is 1. The van der Waals surface area contributed by atoms with Gasteiger partial charge in [-0.3, -0.25) is 19.4 Å². The van der Waals surface area contributed by atoms with Crippen molar-refractivity contribution in [2.24, 2.45) is 10.8 Å². The highest BCUT2D eigenvalue weighted by Gasteiger charge is 2.38. The quantitative estimate of drug-likeness (QED) is 0.429. The predicted octanol–water partition coefficient (Wildman–Crippen LogP) is 4.67. The van der Waals surface area contributed by atoms with Crippen molar-refractivity contribution in [2.45, 2.75) is 40.5 Å². The van der Waals surface area contributed by atoms with E-state index in [1.54, 1.807) is 30.5 Å². The fourth-order valence-corrected chi connectivity index (χ4v) is 3.62. The normalized spacial score (nSPS) is 11.8. The second-order valence-electron chi connectivity index (χ2n) is 9.82. The molecule has 0 fully saturated rings. The maximum atomic E-state index is 12.6. The largest absolute Gasteiger partial charge is 0.481 e. The first kappa shape index (κ1) is 24.9. The summed E-state index contributed by atoms with van der Waals surface area (Å²) in [7, 11) is 0. The van der Waals surface area contributed by atoms with Crippen LogP contribution in [0.5, 0.6) is 0 Å². The Morgan fingerprint density at radius 2 is 1.59 bits per heavy atom. The molecule has 0 aliphatic heterocycles. The van der Waals surface area contributed by atoms with Gasteiger partial charge in [0.15, 0.2) is 0 Å². The van der Waals surface area contributed by atoms with Crippen molar-refractivity contribution in [1.82, 2.24) is 10.3 Å². The SMILES string of the molecule is CC(C)(CNC(=O)c1ccc(CC(=O)Nc2cccc3cccnc23)cc1)C(C)(C)CC(=O)O. The summed E-state index contributed by atoms with van der Waals surface area (Å²) in [4.78, 5) is 40.7. The van der Waals surface area contributed by atoms with Gasteiger partial charge in [0.1, 0.15) is 0 Å². The van der Waals surface area contributed by atoms with Gasteiger partial charge in [-0.05, 0) is 40.7 Å². The van der Waals surface area contributed by atoms with Crippen molar-refractivity contribution in [3.05, 3.63) is 71.9 Å². The van der Waals surface area contributed by atoms with E-state index in [0.29, 0.717) is 17.8 Å². The zero-order chi connectivity index (χ0) is 24.9. The Labute approximate surface area is 199 Å². The first-order chi connectivity index (χ1) is 16.0. The lowest BCUT2D eigenvalue weighted by atomic mass is 9.66. The summed E-state index contributed by atoms with van der Waals surface area (Å²) < 4.78 is 0. The fourth-order valence-electron chi connectivity index (χ4n) is 3.62. The molecule has 3 rings (SSSR count). The van der Waals surface area contributed by atoms with Crippen LogP contribution in [0.2, 0.25) is 0 Å². The molecule has 2 aromatic carbocycles. The van der Waals surface area contributed by atoms with E-state index in [4.69, 9.17) is 5.11 Å². The molecular formula is C27H31N3O4. The Kier molecular flexibility index (Phi) is 7.35. The number of carbonyl (C=O) groups excluding carboxylic acids is 2. The van der Waals surface area contributed by atoms with Crippen LogP contribution >= 0.6 is 0 Å². The van der Waals surface area contributed by atoms with Crippen molar-refractivity contribution in [2.75, 3.05) is 11.9 Å². The van der Waals surface area contributed by atoms with Crippen LogP contribution in [0, 0.1) is 10.8 Å². The minimum Gasteiger partial charge on any atom is -0.481 e. The highest BCUT2D eigenvalue weighted by atomic mass is 16.4. The van der Waals surface area contributed by atoms with Gasteiger partial charge in [-0.1, -0.05) is 58.0 Å². The summed E-state index contributed by atoms with van der Waals surface area (Å²) in [5.41, 5.74) is 1.74. The number of anilines is 1. The van der Waals surface area contributed by atoms with Gasteiger partial charge in [-0.25, -0.2) is 0 Å². The van der Waals surface area contributed by atoms with E-state index in [1.807, 2.05) is 58.0 Å². The number of amides is 2. The van der Waals surface area contributed by atoms with Crippen molar-refractivity contribution in [3.8, 4) is 0 Å². The van der Waals surface area contributed by atoms with E-state index in [2.05, 4.69) is 15.6 Å². The number of fused-ring (bicyclic) bond motifs is 1. The number of nitrogens with one attached hydrogen (secondary N) is 2. The van der Waals surface area contributed by atoms with Gasteiger partial charge in [-0.2, -0.15) is 0 Å². The van der Waals surface area contributed by atoms with Crippen LogP contribution in [-0.4, -0.2) is 34.4 Å². The first-order valence-corrected chi connectivity index (χ1v) is 11.2. The second-order valence-corrected chi connectivity index (χ2v) is 9.82. The van der Waals surface area contributed by atoms with Crippen molar-refractivity contribution in [3.63, 3.8) is 0 Å². The molecule has 1 heterocycles. The van der Waals surface area contributed by atoms with Crippen molar-refractivity contribution < 1.29 is 19.5 Å². The molecule has 0 bridgehead atoms. The zero-order valence-electron chi connectivity index (χ0n) is 20.0. The van der Waals surface area contributed by atoms with Crippen LogP contribution < -0.4 is 10.6 Å². The van der Waals surface area contributed by atoms with Gasteiger partial charge < -0.3 is 15.7 Å². The number of para-hydroxylation sites is 1. The third-order valence-corrected chi connectivity index (χ3v) is 6.60. The smallest absolute Gasteiger partial charge is 0.303 e. The van der Waals surface area contributed by atoms with E-state index in [-0.39, 0.29) is 24.7 Å². The van der Waals surface area contributed by atoms with Crippen LogP contribution in [-0.2, 0) is 16.0 Å². The number of hydrogen-bond acceptors (Lipinski definition) is 4. The number of carbonyl (C=O) groups is 3. The van der Waals surface area contributed by atoms with Crippen molar-refractivity contribution in [1.29, 1.82) is 0 Å². The molecule has 34 heavy (non-hydrogen) atoms. The second kappa shape index (κ2) is 10.0. The Hall–Kier alpha value is -3.74. The molecule has 0 saturated carbocycles. The number of aromatic nitrogens is 1. The molecule has 0 aliphatic rings. The van der Waals surface area contributed by atoms with E-state index >= 15 is 0 Å². The van der Waals surface area contributed by atoms with Gasteiger partial charge in [0.05, 0.1) is 24.0 Å². The number of rotatable bonds is 9. The van der Waals surface area contributed by atoms with Crippen LogP contribution in [0.1, 0.15) is 50.0 Å². The first-order valence-electron chi connectivity index (χ1n) is 11.2. The molecule has 7 heteroatoms. The molecule has 7 nitrogen and oxygen atoms in total. The topological polar surface area (TPSA) is 108 Å². The molecule has 0 aliphatic carbocycles. The number of carboxylic acids is 1. The minimum atomic E-state index is -0.860. The van der Waals surface area contributed by atoms with E-state index < -0.39 is 16.8 Å². The molecule has 2 amide bonds. The minimum absolute atomic E-state index is 0.0153. The van der Waals surface area contributed by atoms with Gasteiger partial charge in [0.25, 0.3) is 5.91 Å². The summed E-state index contributed by atoms with van der Waals surface area (Å²) in [6.45, 7) is 8.02.